The van der Waals surface area contributed by atoms with Crippen LogP contribution >= 0.6 is 11.6 Å². The van der Waals surface area contributed by atoms with Gasteiger partial charge in [-0.05, 0) is 30.9 Å². The molecule has 0 aromatic rings. The maximum absolute atomic E-state index is 12.2. The molecule has 0 saturated heterocycles. The first-order valence-corrected chi connectivity index (χ1v) is 14.4. The highest BCUT2D eigenvalue weighted by Crippen LogP contribution is 2.17. The van der Waals surface area contributed by atoms with Crippen molar-refractivity contribution >= 4 is 22.8 Å². The highest BCUT2D eigenvalue weighted by Gasteiger charge is 2.17. The standard InChI is InChI=1S/C28H53ClO3/c1-3-5-7-9-11-13-14-16-18-20-22-24-28(31)32-26(25-27(29)30)23-21-19-17-15-12-10-8-6-4-2/h26H,3-25H2,1-2H3/t26-/m1/s1. The number of hydrogen-bond acceptors (Lipinski definition) is 3. The predicted molar refractivity (Wildman–Crippen MR) is 138 cm³/mol. The summed E-state index contributed by atoms with van der Waals surface area (Å²) in [6, 6.07) is 0. The number of carbonyl (C=O) groups excluding carboxylic acids is 2. The molecule has 0 aromatic heterocycles. The lowest BCUT2D eigenvalue weighted by Crippen LogP contribution is -2.20. The van der Waals surface area contributed by atoms with Crippen LogP contribution in [0.4, 0.5) is 0 Å². The van der Waals surface area contributed by atoms with E-state index >= 15 is 0 Å². The lowest BCUT2D eigenvalue weighted by atomic mass is 10.0. The summed E-state index contributed by atoms with van der Waals surface area (Å²) in [6.07, 6.45) is 26.2. The van der Waals surface area contributed by atoms with E-state index in [0.717, 1.165) is 32.1 Å². The highest BCUT2D eigenvalue weighted by atomic mass is 35.5. The molecule has 0 fully saturated rings. The molecule has 0 rings (SSSR count). The van der Waals surface area contributed by atoms with Crippen LogP contribution in [0.5, 0.6) is 0 Å². The topological polar surface area (TPSA) is 43.4 Å². The number of carbonyl (C=O) groups is 2. The second-order valence-corrected chi connectivity index (χ2v) is 10.00. The summed E-state index contributed by atoms with van der Waals surface area (Å²) in [5.41, 5.74) is 0. The van der Waals surface area contributed by atoms with E-state index < -0.39 is 5.24 Å². The Hall–Kier alpha value is -0.570. The predicted octanol–water partition coefficient (Wildman–Crippen LogP) is 9.68. The molecule has 32 heavy (non-hydrogen) atoms. The van der Waals surface area contributed by atoms with Crippen molar-refractivity contribution in [3.05, 3.63) is 0 Å². The molecular weight excluding hydrogens is 420 g/mol. The van der Waals surface area contributed by atoms with Crippen LogP contribution in [-0.2, 0) is 14.3 Å². The summed E-state index contributed by atoms with van der Waals surface area (Å²) in [6.45, 7) is 4.50. The van der Waals surface area contributed by atoms with Crippen LogP contribution in [0.3, 0.4) is 0 Å². The average molecular weight is 473 g/mol. The molecule has 0 radical (unpaired) electrons. The van der Waals surface area contributed by atoms with Gasteiger partial charge in [-0.15, -0.1) is 0 Å². The Morgan fingerprint density at radius 1 is 0.594 bits per heavy atom. The molecule has 0 aliphatic rings. The van der Waals surface area contributed by atoms with Gasteiger partial charge in [0.2, 0.25) is 5.24 Å². The van der Waals surface area contributed by atoms with Crippen molar-refractivity contribution in [2.45, 2.75) is 168 Å². The zero-order valence-electron chi connectivity index (χ0n) is 21.4. The summed E-state index contributed by atoms with van der Waals surface area (Å²) >= 11 is 5.57. The smallest absolute Gasteiger partial charge is 0.306 e. The minimum Gasteiger partial charge on any atom is -0.462 e. The van der Waals surface area contributed by atoms with Gasteiger partial charge in [-0.3, -0.25) is 9.59 Å². The van der Waals surface area contributed by atoms with Crippen molar-refractivity contribution in [1.82, 2.24) is 0 Å². The van der Waals surface area contributed by atoms with Crippen LogP contribution in [0.25, 0.3) is 0 Å². The van der Waals surface area contributed by atoms with Gasteiger partial charge in [0.15, 0.2) is 0 Å². The van der Waals surface area contributed by atoms with Crippen molar-refractivity contribution in [2.24, 2.45) is 0 Å². The second-order valence-electron chi connectivity index (χ2n) is 9.57. The van der Waals surface area contributed by atoms with Gasteiger partial charge in [0.25, 0.3) is 0 Å². The third kappa shape index (κ3) is 24.1. The second kappa shape index (κ2) is 25.1. The van der Waals surface area contributed by atoms with Gasteiger partial charge in [0.05, 0.1) is 6.42 Å². The molecule has 0 amide bonds. The van der Waals surface area contributed by atoms with Crippen LogP contribution in [-0.4, -0.2) is 17.3 Å². The van der Waals surface area contributed by atoms with E-state index in [1.807, 2.05) is 0 Å². The third-order valence-electron chi connectivity index (χ3n) is 6.30. The van der Waals surface area contributed by atoms with Crippen molar-refractivity contribution in [3.63, 3.8) is 0 Å². The number of hydrogen-bond donors (Lipinski definition) is 0. The molecule has 0 bridgehead atoms. The fraction of sp³-hybridized carbons (Fsp3) is 0.929. The third-order valence-corrected chi connectivity index (χ3v) is 6.45. The lowest BCUT2D eigenvalue weighted by Gasteiger charge is -2.16. The van der Waals surface area contributed by atoms with Crippen LogP contribution < -0.4 is 0 Å². The van der Waals surface area contributed by atoms with Gasteiger partial charge in [0.1, 0.15) is 6.10 Å². The Morgan fingerprint density at radius 3 is 1.38 bits per heavy atom. The zero-order chi connectivity index (χ0) is 23.7. The molecule has 190 valence electrons. The van der Waals surface area contributed by atoms with Gasteiger partial charge in [-0.1, -0.05) is 129 Å². The summed E-state index contributed by atoms with van der Waals surface area (Å²) in [5, 5.41) is -0.409. The maximum Gasteiger partial charge on any atom is 0.306 e. The first kappa shape index (κ1) is 31.4. The fourth-order valence-corrected chi connectivity index (χ4v) is 4.41. The molecule has 3 nitrogen and oxygen atoms in total. The Labute approximate surface area is 204 Å². The maximum atomic E-state index is 12.2. The Balaban J connectivity index is 3.71. The first-order chi connectivity index (χ1) is 15.6. The van der Waals surface area contributed by atoms with Crippen molar-refractivity contribution in [3.8, 4) is 0 Å². The molecule has 0 aromatic carbocycles. The van der Waals surface area contributed by atoms with Crippen LogP contribution in [0.1, 0.15) is 162 Å². The molecule has 0 aliphatic carbocycles. The summed E-state index contributed by atoms with van der Waals surface area (Å²) < 4.78 is 5.58. The fourth-order valence-electron chi connectivity index (χ4n) is 4.24. The largest absolute Gasteiger partial charge is 0.462 e. The number of ether oxygens (including phenoxy) is 1. The first-order valence-electron chi connectivity index (χ1n) is 14.0. The molecule has 4 heteroatoms. The summed E-state index contributed by atoms with van der Waals surface area (Å²) in [4.78, 5) is 23.5. The Bertz CT molecular complexity index is 425. The summed E-state index contributed by atoms with van der Waals surface area (Å²) in [5.74, 6) is -0.167. The van der Waals surface area contributed by atoms with Crippen molar-refractivity contribution in [2.75, 3.05) is 0 Å². The Kier molecular flexibility index (Phi) is 24.6. The SMILES string of the molecule is CCCCCCCCCCCCCC(=O)O[C@H](CCCCCCCCCCC)CC(=O)Cl. The van der Waals surface area contributed by atoms with Gasteiger partial charge in [-0.2, -0.15) is 0 Å². The molecule has 1 atom stereocenters. The summed E-state index contributed by atoms with van der Waals surface area (Å²) in [7, 11) is 0. The number of esters is 1. The minimum absolute atomic E-state index is 0.141. The van der Waals surface area contributed by atoms with E-state index in [1.165, 1.54) is 103 Å². The van der Waals surface area contributed by atoms with Crippen LogP contribution in [0, 0.1) is 0 Å². The highest BCUT2D eigenvalue weighted by molar-refractivity contribution is 6.63. The molecular formula is C28H53ClO3. The van der Waals surface area contributed by atoms with Crippen molar-refractivity contribution in [1.29, 1.82) is 0 Å². The number of halogens is 1. The normalized spacial score (nSPS) is 12.1. The molecule has 0 saturated carbocycles. The van der Waals surface area contributed by atoms with Crippen LogP contribution in [0.15, 0.2) is 0 Å². The monoisotopic (exact) mass is 472 g/mol. The van der Waals surface area contributed by atoms with E-state index in [4.69, 9.17) is 16.3 Å². The molecule has 0 heterocycles. The van der Waals surface area contributed by atoms with Gasteiger partial charge in [0, 0.05) is 6.42 Å². The zero-order valence-corrected chi connectivity index (χ0v) is 22.2. The lowest BCUT2D eigenvalue weighted by molar-refractivity contribution is -0.150. The quantitative estimate of drug-likeness (QED) is 0.0753. The molecule has 0 unspecified atom stereocenters. The van der Waals surface area contributed by atoms with E-state index in [1.54, 1.807) is 0 Å². The number of unbranched alkanes of at least 4 members (excludes halogenated alkanes) is 18. The number of rotatable bonds is 25. The van der Waals surface area contributed by atoms with Gasteiger partial charge >= 0.3 is 5.97 Å². The van der Waals surface area contributed by atoms with Gasteiger partial charge < -0.3 is 4.74 Å². The average Bonchev–Trinajstić information content (AvgIpc) is 2.75. The van der Waals surface area contributed by atoms with E-state index in [-0.39, 0.29) is 18.5 Å². The van der Waals surface area contributed by atoms with Crippen molar-refractivity contribution < 1.29 is 14.3 Å². The molecule has 0 spiro atoms. The Morgan fingerprint density at radius 2 is 0.969 bits per heavy atom. The molecule has 0 aliphatic heterocycles. The minimum atomic E-state index is -0.409. The van der Waals surface area contributed by atoms with E-state index in [2.05, 4.69) is 13.8 Å². The van der Waals surface area contributed by atoms with E-state index in [0.29, 0.717) is 6.42 Å². The van der Waals surface area contributed by atoms with Gasteiger partial charge in [-0.25, -0.2) is 0 Å². The van der Waals surface area contributed by atoms with E-state index in [9.17, 15) is 9.59 Å². The molecule has 0 N–H and O–H groups in total. The van der Waals surface area contributed by atoms with Crippen LogP contribution in [0.2, 0.25) is 0 Å².